The van der Waals surface area contributed by atoms with Crippen molar-refractivity contribution in [3.8, 4) is 0 Å². The molecule has 0 bridgehead atoms. The van der Waals surface area contributed by atoms with Gasteiger partial charge in [0.1, 0.15) is 6.10 Å². The zero-order chi connectivity index (χ0) is 15.2. The Morgan fingerprint density at radius 2 is 2.15 bits per heavy atom. The first-order valence-corrected chi connectivity index (χ1v) is 9.27. The molecule has 1 aliphatic rings. The fraction of sp³-hybridized carbons (Fsp3) is 0.938. The molecule has 3 atom stereocenters. The molecule has 1 amide bonds. The second-order valence-electron chi connectivity index (χ2n) is 6.71. The lowest BCUT2D eigenvalue weighted by molar-refractivity contribution is -0.130. The molecule has 3 nitrogen and oxygen atoms in total. The highest BCUT2D eigenvalue weighted by Crippen LogP contribution is 2.40. The maximum atomic E-state index is 12.0. The number of hydrogen-bond donors (Lipinski definition) is 2. The summed E-state index contributed by atoms with van der Waals surface area (Å²) in [5, 5.41) is 12.9. The van der Waals surface area contributed by atoms with E-state index < -0.39 is 6.10 Å². The van der Waals surface area contributed by atoms with Crippen LogP contribution in [0.2, 0.25) is 0 Å². The van der Waals surface area contributed by atoms with Gasteiger partial charge in [-0.05, 0) is 49.0 Å². The van der Waals surface area contributed by atoms with Crippen LogP contribution in [0.25, 0.3) is 0 Å². The molecule has 0 aromatic heterocycles. The molecular formula is C16H31NO2S. The first kappa shape index (κ1) is 17.8. The molecular weight excluding hydrogens is 270 g/mol. The van der Waals surface area contributed by atoms with E-state index in [1.807, 2.05) is 6.26 Å². The SMILES string of the molecule is CCC(C)(C)[C@@H]1CCC[C@H](NC(=O)[C@@H](O)CCSC)C1. The molecule has 0 aromatic carbocycles. The van der Waals surface area contributed by atoms with Gasteiger partial charge in [0.25, 0.3) is 0 Å². The number of carbonyl (C=O) groups excluding carboxylic acids is 1. The molecule has 0 saturated heterocycles. The van der Waals surface area contributed by atoms with Gasteiger partial charge in [-0.15, -0.1) is 0 Å². The number of aliphatic hydroxyl groups excluding tert-OH is 1. The molecule has 1 aliphatic carbocycles. The number of thioether (sulfide) groups is 1. The summed E-state index contributed by atoms with van der Waals surface area (Å²) in [7, 11) is 0. The largest absolute Gasteiger partial charge is 0.383 e. The average molecular weight is 301 g/mol. The number of amides is 1. The van der Waals surface area contributed by atoms with E-state index >= 15 is 0 Å². The van der Waals surface area contributed by atoms with Gasteiger partial charge in [0.05, 0.1) is 0 Å². The van der Waals surface area contributed by atoms with Crippen molar-refractivity contribution in [3.63, 3.8) is 0 Å². The van der Waals surface area contributed by atoms with Gasteiger partial charge in [-0.25, -0.2) is 0 Å². The summed E-state index contributed by atoms with van der Waals surface area (Å²) in [6.07, 6.45) is 7.42. The third-order valence-electron chi connectivity index (χ3n) is 4.94. The quantitative estimate of drug-likeness (QED) is 0.759. The molecule has 4 heteroatoms. The topological polar surface area (TPSA) is 49.3 Å². The molecule has 0 unspecified atom stereocenters. The molecule has 2 N–H and O–H groups in total. The summed E-state index contributed by atoms with van der Waals surface area (Å²) < 4.78 is 0. The minimum Gasteiger partial charge on any atom is -0.383 e. The lowest BCUT2D eigenvalue weighted by Gasteiger charge is -2.40. The number of rotatable bonds is 7. The van der Waals surface area contributed by atoms with Crippen molar-refractivity contribution in [1.82, 2.24) is 5.32 Å². The van der Waals surface area contributed by atoms with Crippen LogP contribution in [0.5, 0.6) is 0 Å². The Kier molecular flexibility index (Phi) is 7.38. The Labute approximate surface area is 128 Å². The van der Waals surface area contributed by atoms with E-state index in [1.54, 1.807) is 11.8 Å². The number of nitrogens with one attached hydrogen (secondary N) is 1. The van der Waals surface area contributed by atoms with Gasteiger partial charge in [0.15, 0.2) is 0 Å². The summed E-state index contributed by atoms with van der Waals surface area (Å²) in [4.78, 5) is 12.0. The van der Waals surface area contributed by atoms with E-state index in [9.17, 15) is 9.90 Å². The number of hydrogen-bond acceptors (Lipinski definition) is 3. The van der Waals surface area contributed by atoms with Crippen molar-refractivity contribution in [2.75, 3.05) is 12.0 Å². The molecule has 0 spiro atoms. The average Bonchev–Trinajstić information content (AvgIpc) is 2.44. The summed E-state index contributed by atoms with van der Waals surface area (Å²) in [6.45, 7) is 6.90. The summed E-state index contributed by atoms with van der Waals surface area (Å²) in [6, 6.07) is 0.246. The van der Waals surface area contributed by atoms with Gasteiger partial charge in [-0.3, -0.25) is 4.79 Å². The monoisotopic (exact) mass is 301 g/mol. The second kappa shape index (κ2) is 8.28. The molecule has 0 aliphatic heterocycles. The number of carbonyl (C=O) groups is 1. The van der Waals surface area contributed by atoms with Crippen LogP contribution in [0.4, 0.5) is 0 Å². The zero-order valence-corrected chi connectivity index (χ0v) is 14.3. The Bertz CT molecular complexity index is 307. The van der Waals surface area contributed by atoms with E-state index in [-0.39, 0.29) is 11.9 Å². The standard InChI is InChI=1S/C16H31NO2S/c1-5-16(2,3)12-7-6-8-13(11-12)17-15(19)14(18)9-10-20-4/h12-14,18H,5-11H2,1-4H3,(H,17,19)/t12-,13+,14+/m1/s1. The fourth-order valence-electron chi connectivity index (χ4n) is 2.98. The highest BCUT2D eigenvalue weighted by molar-refractivity contribution is 7.98. The van der Waals surface area contributed by atoms with Crippen molar-refractivity contribution in [1.29, 1.82) is 0 Å². The van der Waals surface area contributed by atoms with Crippen LogP contribution in [0.3, 0.4) is 0 Å². The molecule has 20 heavy (non-hydrogen) atoms. The van der Waals surface area contributed by atoms with Crippen LogP contribution in [-0.4, -0.2) is 35.2 Å². The third-order valence-corrected chi connectivity index (χ3v) is 5.58. The summed E-state index contributed by atoms with van der Waals surface area (Å²) in [5.41, 5.74) is 0.348. The van der Waals surface area contributed by atoms with Gasteiger partial charge in [-0.2, -0.15) is 11.8 Å². The lowest BCUT2D eigenvalue weighted by atomic mass is 9.68. The maximum absolute atomic E-state index is 12.0. The first-order valence-electron chi connectivity index (χ1n) is 7.88. The molecule has 0 radical (unpaired) electrons. The van der Waals surface area contributed by atoms with Crippen molar-refractivity contribution in [2.24, 2.45) is 11.3 Å². The van der Waals surface area contributed by atoms with Gasteiger partial charge >= 0.3 is 0 Å². The molecule has 1 rings (SSSR count). The Morgan fingerprint density at radius 3 is 2.75 bits per heavy atom. The Balaban J connectivity index is 2.46. The summed E-state index contributed by atoms with van der Waals surface area (Å²) in [5.74, 6) is 1.32. The van der Waals surface area contributed by atoms with Gasteiger partial charge in [0.2, 0.25) is 5.91 Å². The van der Waals surface area contributed by atoms with Gasteiger partial charge in [-0.1, -0.05) is 33.6 Å². The molecule has 0 aromatic rings. The maximum Gasteiger partial charge on any atom is 0.249 e. The Hall–Kier alpha value is -0.220. The molecule has 0 heterocycles. The van der Waals surface area contributed by atoms with Crippen LogP contribution in [0.15, 0.2) is 0 Å². The van der Waals surface area contributed by atoms with Crippen LogP contribution in [0, 0.1) is 11.3 Å². The highest BCUT2D eigenvalue weighted by atomic mass is 32.2. The third kappa shape index (κ3) is 5.28. The fourth-order valence-corrected chi connectivity index (χ4v) is 3.44. The Morgan fingerprint density at radius 1 is 1.45 bits per heavy atom. The van der Waals surface area contributed by atoms with Crippen LogP contribution in [-0.2, 0) is 4.79 Å². The van der Waals surface area contributed by atoms with Crippen LogP contribution >= 0.6 is 11.8 Å². The zero-order valence-electron chi connectivity index (χ0n) is 13.4. The van der Waals surface area contributed by atoms with Gasteiger partial charge < -0.3 is 10.4 Å². The highest BCUT2D eigenvalue weighted by Gasteiger charge is 2.33. The van der Waals surface area contributed by atoms with Crippen molar-refractivity contribution in [3.05, 3.63) is 0 Å². The second-order valence-corrected chi connectivity index (χ2v) is 7.69. The first-order chi connectivity index (χ1) is 9.40. The predicted octanol–water partition coefficient (Wildman–Crippen LogP) is 3.21. The summed E-state index contributed by atoms with van der Waals surface area (Å²) >= 11 is 1.66. The predicted molar refractivity (Wildman–Crippen MR) is 87.0 cm³/mol. The normalized spacial score (nSPS) is 25.2. The van der Waals surface area contributed by atoms with Crippen molar-refractivity contribution < 1.29 is 9.90 Å². The van der Waals surface area contributed by atoms with Gasteiger partial charge in [0, 0.05) is 6.04 Å². The van der Waals surface area contributed by atoms with Crippen LogP contribution < -0.4 is 5.32 Å². The van der Waals surface area contributed by atoms with Crippen molar-refractivity contribution in [2.45, 2.75) is 71.4 Å². The van der Waals surface area contributed by atoms with E-state index in [4.69, 9.17) is 0 Å². The smallest absolute Gasteiger partial charge is 0.249 e. The van der Waals surface area contributed by atoms with E-state index in [0.717, 1.165) is 18.6 Å². The molecule has 1 fully saturated rings. The van der Waals surface area contributed by atoms with E-state index in [2.05, 4.69) is 26.1 Å². The van der Waals surface area contributed by atoms with E-state index in [0.29, 0.717) is 17.8 Å². The molecule has 118 valence electrons. The molecule has 1 saturated carbocycles. The van der Waals surface area contributed by atoms with Crippen molar-refractivity contribution >= 4 is 17.7 Å². The number of aliphatic hydroxyl groups is 1. The minimum atomic E-state index is -0.845. The van der Waals surface area contributed by atoms with Crippen LogP contribution in [0.1, 0.15) is 59.3 Å². The lowest BCUT2D eigenvalue weighted by Crippen LogP contribution is -2.45. The van der Waals surface area contributed by atoms with E-state index in [1.165, 1.54) is 19.3 Å². The minimum absolute atomic E-state index is 0.181.